The van der Waals surface area contributed by atoms with Crippen LogP contribution in [0.15, 0.2) is 83.9 Å². The predicted molar refractivity (Wildman–Crippen MR) is 100 cm³/mol. The summed E-state index contributed by atoms with van der Waals surface area (Å²) in [6.07, 6.45) is 2.09. The smallest absolute Gasteiger partial charge is 0.169 e. The van der Waals surface area contributed by atoms with Crippen LogP contribution in [0.3, 0.4) is 0 Å². The molecule has 0 saturated heterocycles. The summed E-state index contributed by atoms with van der Waals surface area (Å²) in [7, 11) is 5.78. The first kappa shape index (κ1) is 15.9. The maximum Gasteiger partial charge on any atom is 0.169 e. The predicted octanol–water partition coefficient (Wildman–Crippen LogP) is 3.66. The Hall–Kier alpha value is -2.94. The second kappa shape index (κ2) is 7.56. The van der Waals surface area contributed by atoms with Crippen molar-refractivity contribution >= 4 is 31.0 Å². The second-order valence-corrected chi connectivity index (χ2v) is 5.53. The van der Waals surface area contributed by atoms with Gasteiger partial charge in [-0.3, -0.25) is 9.79 Å². The Kier molecular flexibility index (Phi) is 5.02. The zero-order valence-corrected chi connectivity index (χ0v) is 13.2. The zero-order valence-electron chi connectivity index (χ0n) is 13.2. The van der Waals surface area contributed by atoms with Crippen molar-refractivity contribution in [3.05, 3.63) is 95.6 Å². The van der Waals surface area contributed by atoms with E-state index in [4.69, 9.17) is 7.85 Å². The molecule has 3 aromatic carbocycles. The molecule has 0 bridgehead atoms. The normalized spacial score (nSPS) is 10.8. The Morgan fingerprint density at radius 3 is 2.46 bits per heavy atom. The van der Waals surface area contributed by atoms with Crippen LogP contribution in [0.1, 0.15) is 21.5 Å². The molecule has 0 aliphatic rings. The third-order valence-corrected chi connectivity index (χ3v) is 3.68. The summed E-state index contributed by atoms with van der Waals surface area (Å²) in [5.41, 5.74) is 3.88. The van der Waals surface area contributed by atoms with Crippen molar-refractivity contribution in [1.82, 2.24) is 0 Å². The Morgan fingerprint density at radius 1 is 0.917 bits per heavy atom. The van der Waals surface area contributed by atoms with Crippen LogP contribution in [0.5, 0.6) is 0 Å². The average molecular weight is 309 g/mol. The van der Waals surface area contributed by atoms with Gasteiger partial charge in [0.2, 0.25) is 0 Å². The molecule has 3 rings (SSSR count). The Morgan fingerprint density at radius 2 is 1.67 bits per heavy atom. The fourth-order valence-electron chi connectivity index (χ4n) is 2.48. The topological polar surface area (TPSA) is 29.4 Å². The van der Waals surface area contributed by atoms with Crippen molar-refractivity contribution in [2.45, 2.75) is 6.42 Å². The van der Waals surface area contributed by atoms with Gasteiger partial charge in [0.1, 0.15) is 7.85 Å². The highest BCUT2D eigenvalue weighted by Gasteiger charge is 2.10. The monoisotopic (exact) mass is 309 g/mol. The highest BCUT2D eigenvalue weighted by molar-refractivity contribution is 6.32. The van der Waals surface area contributed by atoms with Crippen molar-refractivity contribution in [2.24, 2.45) is 4.99 Å². The third kappa shape index (κ3) is 4.08. The molecule has 0 N–H and O–H groups in total. The molecule has 24 heavy (non-hydrogen) atoms. The minimum atomic E-state index is 0.0570. The van der Waals surface area contributed by atoms with Crippen molar-refractivity contribution in [1.29, 1.82) is 0 Å². The van der Waals surface area contributed by atoms with Gasteiger partial charge in [-0.05, 0) is 23.3 Å². The van der Waals surface area contributed by atoms with Crippen molar-refractivity contribution in [2.75, 3.05) is 0 Å². The summed E-state index contributed by atoms with van der Waals surface area (Å²) >= 11 is 0. The first-order valence-corrected chi connectivity index (χ1v) is 7.78. The number of benzene rings is 3. The van der Waals surface area contributed by atoms with E-state index < -0.39 is 0 Å². The van der Waals surface area contributed by atoms with Crippen molar-refractivity contribution in [3.63, 3.8) is 0 Å². The number of Topliss-reactive ketones (excluding diaryl/α,β-unsaturated/α-hetero) is 1. The lowest BCUT2D eigenvalue weighted by Crippen LogP contribution is -2.04. The molecule has 0 amide bonds. The molecule has 2 radical (unpaired) electrons. The molecule has 0 aromatic heterocycles. The fraction of sp³-hybridized carbons (Fsp3) is 0.0476. The number of para-hydroxylation sites is 1. The van der Waals surface area contributed by atoms with Gasteiger partial charge in [0, 0.05) is 18.2 Å². The summed E-state index contributed by atoms with van der Waals surface area (Å²) in [6, 6.07) is 24.6. The number of aliphatic imine (C=N–C) groups is 1. The summed E-state index contributed by atoms with van der Waals surface area (Å²) in [5.74, 6) is 0.0570. The second-order valence-electron chi connectivity index (χ2n) is 5.53. The van der Waals surface area contributed by atoms with Crippen LogP contribution in [0.25, 0.3) is 0 Å². The molecule has 2 nitrogen and oxygen atoms in total. The van der Waals surface area contributed by atoms with Gasteiger partial charge in [-0.25, -0.2) is 0 Å². The van der Waals surface area contributed by atoms with E-state index in [1.54, 1.807) is 6.21 Å². The summed E-state index contributed by atoms with van der Waals surface area (Å²) in [6.45, 7) is 0. The first-order valence-electron chi connectivity index (χ1n) is 7.78. The quantitative estimate of drug-likeness (QED) is 0.402. The average Bonchev–Trinajstić information content (AvgIpc) is 2.61. The molecule has 0 saturated carbocycles. The van der Waals surface area contributed by atoms with Gasteiger partial charge in [0.25, 0.3) is 0 Å². The van der Waals surface area contributed by atoms with Crippen LogP contribution in [0.2, 0.25) is 0 Å². The Balaban J connectivity index is 1.84. The van der Waals surface area contributed by atoms with E-state index in [2.05, 4.69) is 4.99 Å². The van der Waals surface area contributed by atoms with Gasteiger partial charge in [0.05, 0.1) is 5.69 Å². The van der Waals surface area contributed by atoms with Gasteiger partial charge in [-0.1, -0.05) is 72.2 Å². The molecule has 0 unspecified atom stereocenters. The van der Waals surface area contributed by atoms with E-state index in [0.29, 0.717) is 23.1 Å². The lowest BCUT2D eigenvalue weighted by Gasteiger charge is -2.05. The molecular weight excluding hydrogens is 293 g/mol. The molecule has 0 spiro atoms. The largest absolute Gasteiger partial charge is 0.294 e. The van der Waals surface area contributed by atoms with E-state index in [9.17, 15) is 4.79 Å². The van der Waals surface area contributed by atoms with Crippen LogP contribution < -0.4 is 5.46 Å². The SMILES string of the molecule is [B]c1cccc(C=Nc2ccccc2C(=O)Cc2ccccc2)c1. The highest BCUT2D eigenvalue weighted by Crippen LogP contribution is 2.20. The molecule has 0 fully saturated rings. The fourth-order valence-corrected chi connectivity index (χ4v) is 2.48. The highest BCUT2D eigenvalue weighted by atomic mass is 16.1. The van der Waals surface area contributed by atoms with Crippen LogP contribution >= 0.6 is 0 Å². The molecular formula is C21H16BNO. The Bertz CT molecular complexity index is 872. The van der Waals surface area contributed by atoms with Gasteiger partial charge in [-0.2, -0.15) is 0 Å². The van der Waals surface area contributed by atoms with E-state index >= 15 is 0 Å². The summed E-state index contributed by atoms with van der Waals surface area (Å²) in [4.78, 5) is 17.1. The van der Waals surface area contributed by atoms with E-state index in [1.165, 1.54) is 0 Å². The summed E-state index contributed by atoms with van der Waals surface area (Å²) in [5, 5.41) is 0. The van der Waals surface area contributed by atoms with Crippen molar-refractivity contribution < 1.29 is 4.79 Å². The number of hydrogen-bond donors (Lipinski definition) is 0. The van der Waals surface area contributed by atoms with Gasteiger partial charge < -0.3 is 0 Å². The minimum absolute atomic E-state index is 0.0570. The molecule has 0 aliphatic carbocycles. The lowest BCUT2D eigenvalue weighted by atomic mass is 9.95. The Labute approximate surface area is 143 Å². The van der Waals surface area contributed by atoms with E-state index in [0.717, 1.165) is 11.1 Å². The lowest BCUT2D eigenvalue weighted by molar-refractivity contribution is 0.0993. The number of carbonyl (C=O) groups excluding carboxylic acids is 1. The van der Waals surface area contributed by atoms with Crippen LogP contribution in [-0.4, -0.2) is 19.8 Å². The van der Waals surface area contributed by atoms with Gasteiger partial charge in [-0.15, -0.1) is 0 Å². The number of carbonyl (C=O) groups is 1. The number of hydrogen-bond acceptors (Lipinski definition) is 2. The van der Waals surface area contributed by atoms with E-state index in [-0.39, 0.29) is 5.78 Å². The maximum atomic E-state index is 12.6. The number of nitrogens with zero attached hydrogens (tertiary/aromatic N) is 1. The number of rotatable bonds is 5. The third-order valence-electron chi connectivity index (χ3n) is 3.68. The summed E-state index contributed by atoms with van der Waals surface area (Å²) < 4.78 is 0. The molecule has 0 atom stereocenters. The van der Waals surface area contributed by atoms with Gasteiger partial charge >= 0.3 is 0 Å². The van der Waals surface area contributed by atoms with E-state index in [1.807, 2.05) is 78.9 Å². The van der Waals surface area contributed by atoms with Crippen molar-refractivity contribution in [3.8, 4) is 0 Å². The van der Waals surface area contributed by atoms with Crippen LogP contribution in [0.4, 0.5) is 5.69 Å². The maximum absolute atomic E-state index is 12.6. The first-order chi connectivity index (χ1) is 11.7. The molecule has 0 heterocycles. The molecule has 3 heteroatoms. The zero-order chi connectivity index (χ0) is 16.8. The number of ketones is 1. The van der Waals surface area contributed by atoms with Crippen LogP contribution in [0, 0.1) is 0 Å². The van der Waals surface area contributed by atoms with Gasteiger partial charge in [0.15, 0.2) is 5.78 Å². The molecule has 0 aliphatic heterocycles. The van der Waals surface area contributed by atoms with Crippen LogP contribution in [-0.2, 0) is 6.42 Å². The standard InChI is InChI=1S/C21H16BNO/c22-18-10-6-9-17(13-18)15-23-20-12-5-4-11-19(20)21(24)14-16-7-2-1-3-8-16/h1-13,15H,14H2. The minimum Gasteiger partial charge on any atom is -0.294 e. The molecule has 3 aromatic rings. The molecule has 114 valence electrons.